The first kappa shape index (κ1) is 16.5. The summed E-state index contributed by atoms with van der Waals surface area (Å²) in [6, 6.07) is 3.89. The van der Waals surface area contributed by atoms with Gasteiger partial charge in [0.1, 0.15) is 5.82 Å². The Morgan fingerprint density at radius 2 is 1.90 bits per heavy atom. The van der Waals surface area contributed by atoms with Crippen molar-refractivity contribution in [3.8, 4) is 0 Å². The molecule has 1 heterocycles. The number of hydrogen-bond donors (Lipinski definition) is 2. The van der Waals surface area contributed by atoms with Gasteiger partial charge in [-0.15, -0.1) is 0 Å². The highest BCUT2D eigenvalue weighted by molar-refractivity contribution is 5.95. The highest BCUT2D eigenvalue weighted by Gasteiger charge is 2.17. The predicted octanol–water partition coefficient (Wildman–Crippen LogP) is 3.41. The number of anilines is 1. The van der Waals surface area contributed by atoms with Crippen LogP contribution in [0.1, 0.15) is 63.0 Å². The average Bonchev–Trinajstić information content (AvgIpc) is 2.43. The van der Waals surface area contributed by atoms with E-state index in [1.165, 1.54) is 0 Å². The van der Waals surface area contributed by atoms with Crippen LogP contribution in [0.25, 0.3) is 0 Å². The van der Waals surface area contributed by atoms with Crippen molar-refractivity contribution in [1.29, 1.82) is 0 Å². The lowest BCUT2D eigenvalue weighted by Gasteiger charge is -2.21. The topological polar surface area (TPSA) is 54.0 Å². The van der Waals surface area contributed by atoms with Crippen LogP contribution < -0.4 is 10.6 Å². The second-order valence-electron chi connectivity index (χ2n) is 5.80. The zero-order chi connectivity index (χ0) is 15.3. The number of amides is 1. The minimum Gasteiger partial charge on any atom is -0.373 e. The lowest BCUT2D eigenvalue weighted by Crippen LogP contribution is -2.38. The van der Waals surface area contributed by atoms with Crippen LogP contribution in [0, 0.1) is 5.92 Å². The summed E-state index contributed by atoms with van der Waals surface area (Å²) in [7, 11) is 1.82. The zero-order valence-corrected chi connectivity index (χ0v) is 13.4. The van der Waals surface area contributed by atoms with Crippen molar-refractivity contribution in [3.05, 3.63) is 23.4 Å². The van der Waals surface area contributed by atoms with Gasteiger partial charge in [0.2, 0.25) is 0 Å². The minimum absolute atomic E-state index is 0.0219. The van der Waals surface area contributed by atoms with E-state index in [1.54, 1.807) is 6.07 Å². The van der Waals surface area contributed by atoms with E-state index >= 15 is 0 Å². The van der Waals surface area contributed by atoms with Gasteiger partial charge in [-0.1, -0.05) is 34.6 Å². The second kappa shape index (κ2) is 7.27. The van der Waals surface area contributed by atoms with Crippen molar-refractivity contribution in [2.45, 2.75) is 53.0 Å². The van der Waals surface area contributed by atoms with Crippen LogP contribution in [0.3, 0.4) is 0 Å². The average molecular weight is 277 g/mol. The molecule has 0 saturated heterocycles. The summed E-state index contributed by atoms with van der Waals surface area (Å²) < 4.78 is 0. The normalized spacial score (nSPS) is 12.6. The second-order valence-corrected chi connectivity index (χ2v) is 5.80. The van der Waals surface area contributed by atoms with Crippen molar-refractivity contribution < 1.29 is 4.79 Å². The molecular weight excluding hydrogens is 250 g/mol. The molecular formula is C16H27N3O. The molecule has 0 fully saturated rings. The van der Waals surface area contributed by atoms with Crippen LogP contribution in [0.2, 0.25) is 0 Å². The number of pyridine rings is 1. The standard InChI is InChI=1S/C16H27N3O/c1-7-13(10(2)3)19-16(20)12-8-14(11(4)5)18-15(9-12)17-6/h8-11,13H,7H2,1-6H3,(H,17,18)(H,19,20). The van der Waals surface area contributed by atoms with Crippen molar-refractivity contribution in [2.24, 2.45) is 5.92 Å². The summed E-state index contributed by atoms with van der Waals surface area (Å²) in [5, 5.41) is 6.12. The van der Waals surface area contributed by atoms with E-state index in [9.17, 15) is 4.79 Å². The van der Waals surface area contributed by atoms with E-state index in [0.717, 1.165) is 17.9 Å². The largest absolute Gasteiger partial charge is 0.373 e. The van der Waals surface area contributed by atoms with E-state index in [0.29, 0.717) is 17.4 Å². The Bertz CT molecular complexity index is 455. The minimum atomic E-state index is -0.0219. The molecule has 0 radical (unpaired) electrons. The summed E-state index contributed by atoms with van der Waals surface area (Å²) in [5.41, 5.74) is 1.60. The number of carbonyl (C=O) groups excluding carboxylic acids is 1. The van der Waals surface area contributed by atoms with Gasteiger partial charge in [0.05, 0.1) is 0 Å². The van der Waals surface area contributed by atoms with Gasteiger partial charge >= 0.3 is 0 Å². The van der Waals surface area contributed by atoms with Crippen molar-refractivity contribution >= 4 is 11.7 Å². The van der Waals surface area contributed by atoms with Gasteiger partial charge in [0.15, 0.2) is 0 Å². The fourth-order valence-electron chi connectivity index (χ4n) is 2.10. The number of hydrogen-bond acceptors (Lipinski definition) is 3. The Morgan fingerprint density at radius 3 is 2.35 bits per heavy atom. The molecule has 1 atom stereocenters. The molecule has 0 spiro atoms. The molecule has 4 nitrogen and oxygen atoms in total. The summed E-state index contributed by atoms with van der Waals surface area (Å²) in [4.78, 5) is 16.9. The molecule has 0 bridgehead atoms. The van der Waals surface area contributed by atoms with Gasteiger partial charge in [-0.2, -0.15) is 0 Å². The molecule has 112 valence electrons. The molecule has 1 amide bonds. The molecule has 20 heavy (non-hydrogen) atoms. The zero-order valence-electron chi connectivity index (χ0n) is 13.4. The fraction of sp³-hybridized carbons (Fsp3) is 0.625. The summed E-state index contributed by atoms with van der Waals surface area (Å²) in [5.74, 6) is 1.44. The molecule has 1 aromatic rings. The SMILES string of the molecule is CCC(NC(=O)c1cc(NC)nc(C(C)C)c1)C(C)C. The Labute approximate surface area is 122 Å². The lowest BCUT2D eigenvalue weighted by molar-refractivity contribution is 0.0924. The van der Waals surface area contributed by atoms with E-state index in [1.807, 2.05) is 13.1 Å². The summed E-state index contributed by atoms with van der Waals surface area (Å²) in [6.45, 7) is 10.5. The Morgan fingerprint density at radius 1 is 1.25 bits per heavy atom. The van der Waals surface area contributed by atoms with Crippen LogP contribution >= 0.6 is 0 Å². The van der Waals surface area contributed by atoms with Crippen LogP contribution in [-0.2, 0) is 0 Å². The Kier molecular flexibility index (Phi) is 5.99. The van der Waals surface area contributed by atoms with Gasteiger partial charge in [-0.05, 0) is 30.4 Å². The monoisotopic (exact) mass is 277 g/mol. The van der Waals surface area contributed by atoms with E-state index in [4.69, 9.17) is 0 Å². The molecule has 0 aromatic carbocycles. The molecule has 4 heteroatoms. The molecule has 0 aliphatic rings. The quantitative estimate of drug-likeness (QED) is 0.837. The number of aromatic nitrogens is 1. The fourth-order valence-corrected chi connectivity index (χ4v) is 2.10. The predicted molar refractivity (Wildman–Crippen MR) is 84.3 cm³/mol. The summed E-state index contributed by atoms with van der Waals surface area (Å²) in [6.07, 6.45) is 0.935. The molecule has 0 saturated carbocycles. The van der Waals surface area contributed by atoms with Gasteiger partial charge in [-0.25, -0.2) is 4.98 Å². The molecule has 1 unspecified atom stereocenters. The Hall–Kier alpha value is -1.58. The lowest BCUT2D eigenvalue weighted by atomic mass is 10.0. The summed E-state index contributed by atoms with van der Waals surface area (Å²) >= 11 is 0. The van der Waals surface area contributed by atoms with Crippen molar-refractivity contribution in [1.82, 2.24) is 10.3 Å². The number of nitrogens with zero attached hydrogens (tertiary/aromatic N) is 1. The third kappa shape index (κ3) is 4.22. The number of rotatable bonds is 6. The highest BCUT2D eigenvalue weighted by Crippen LogP contribution is 2.18. The van der Waals surface area contributed by atoms with Crippen molar-refractivity contribution in [2.75, 3.05) is 12.4 Å². The third-order valence-electron chi connectivity index (χ3n) is 3.52. The van der Waals surface area contributed by atoms with Crippen LogP contribution in [0.5, 0.6) is 0 Å². The van der Waals surface area contributed by atoms with Crippen molar-refractivity contribution in [3.63, 3.8) is 0 Å². The smallest absolute Gasteiger partial charge is 0.251 e. The molecule has 0 aliphatic carbocycles. The van der Waals surface area contributed by atoms with Gasteiger partial charge in [0, 0.05) is 24.3 Å². The molecule has 1 rings (SSSR count). The highest BCUT2D eigenvalue weighted by atomic mass is 16.1. The first-order valence-corrected chi connectivity index (χ1v) is 7.39. The van der Waals surface area contributed by atoms with Gasteiger partial charge in [-0.3, -0.25) is 4.79 Å². The maximum absolute atomic E-state index is 12.4. The van der Waals surface area contributed by atoms with Crippen LogP contribution in [-0.4, -0.2) is 24.0 Å². The Balaban J connectivity index is 3.00. The molecule has 2 N–H and O–H groups in total. The maximum Gasteiger partial charge on any atom is 0.251 e. The maximum atomic E-state index is 12.4. The number of nitrogens with one attached hydrogen (secondary N) is 2. The van der Waals surface area contributed by atoms with Gasteiger partial charge in [0.25, 0.3) is 5.91 Å². The number of carbonyl (C=O) groups is 1. The first-order chi connectivity index (χ1) is 9.38. The van der Waals surface area contributed by atoms with E-state index in [-0.39, 0.29) is 11.9 Å². The van der Waals surface area contributed by atoms with Crippen LogP contribution in [0.15, 0.2) is 12.1 Å². The molecule has 1 aromatic heterocycles. The van der Waals surface area contributed by atoms with E-state index in [2.05, 4.69) is 50.2 Å². The third-order valence-corrected chi connectivity index (χ3v) is 3.52. The van der Waals surface area contributed by atoms with E-state index < -0.39 is 0 Å². The first-order valence-electron chi connectivity index (χ1n) is 7.39. The molecule has 0 aliphatic heterocycles. The van der Waals surface area contributed by atoms with Crippen LogP contribution in [0.4, 0.5) is 5.82 Å². The van der Waals surface area contributed by atoms with Gasteiger partial charge < -0.3 is 10.6 Å².